The zero-order valence-corrected chi connectivity index (χ0v) is 16.6. The van der Waals surface area contributed by atoms with Crippen LogP contribution in [0.4, 0.5) is 5.69 Å². The molecule has 0 aliphatic rings. The Bertz CT molecular complexity index is 918. The summed E-state index contributed by atoms with van der Waals surface area (Å²) in [4.78, 5) is 12.4. The Morgan fingerprint density at radius 1 is 1.22 bits per heavy atom. The fourth-order valence-corrected chi connectivity index (χ4v) is 2.69. The Hall–Kier alpha value is -2.68. The van der Waals surface area contributed by atoms with Crippen molar-refractivity contribution in [3.63, 3.8) is 0 Å². The number of nitriles is 1. The molecular formula is C20H18Cl2N2O3. The second kappa shape index (κ2) is 9.31. The van der Waals surface area contributed by atoms with Gasteiger partial charge >= 0.3 is 0 Å². The molecule has 5 nitrogen and oxygen atoms in total. The Labute approximate surface area is 168 Å². The highest BCUT2D eigenvalue weighted by Gasteiger charge is 2.15. The third-order valence-electron chi connectivity index (χ3n) is 3.40. The van der Waals surface area contributed by atoms with E-state index in [9.17, 15) is 10.1 Å². The van der Waals surface area contributed by atoms with Gasteiger partial charge in [0, 0.05) is 0 Å². The van der Waals surface area contributed by atoms with Gasteiger partial charge in [0.15, 0.2) is 11.5 Å². The zero-order chi connectivity index (χ0) is 20.0. The highest BCUT2D eigenvalue weighted by atomic mass is 35.5. The molecule has 2 rings (SSSR count). The van der Waals surface area contributed by atoms with Gasteiger partial charge in [-0.15, -0.1) is 0 Å². The lowest BCUT2D eigenvalue weighted by atomic mass is 10.1. The van der Waals surface area contributed by atoms with Crippen molar-refractivity contribution in [2.24, 2.45) is 0 Å². The SMILES string of the molecule is COc1cc(/C=C(\C#N)C(=O)Nc2ccccc2Cl)cc(Cl)c1OC(C)C. The second-order valence-electron chi connectivity index (χ2n) is 5.80. The minimum atomic E-state index is -0.580. The molecule has 0 radical (unpaired) electrons. The predicted octanol–water partition coefficient (Wildman–Crippen LogP) is 5.33. The van der Waals surface area contributed by atoms with Crippen molar-refractivity contribution in [3.05, 3.63) is 57.6 Å². The topological polar surface area (TPSA) is 71.3 Å². The van der Waals surface area contributed by atoms with Gasteiger partial charge in [0.2, 0.25) is 0 Å². The summed E-state index contributed by atoms with van der Waals surface area (Å²) >= 11 is 12.3. The third-order valence-corrected chi connectivity index (χ3v) is 4.01. The first-order valence-electron chi connectivity index (χ1n) is 8.07. The molecular weight excluding hydrogens is 387 g/mol. The van der Waals surface area contributed by atoms with E-state index in [1.54, 1.807) is 36.4 Å². The van der Waals surface area contributed by atoms with E-state index in [-0.39, 0.29) is 11.7 Å². The van der Waals surface area contributed by atoms with Gasteiger partial charge in [0.05, 0.1) is 28.9 Å². The van der Waals surface area contributed by atoms with Gasteiger partial charge in [-0.2, -0.15) is 5.26 Å². The molecule has 0 aliphatic carbocycles. The van der Waals surface area contributed by atoms with Crippen molar-refractivity contribution in [1.29, 1.82) is 5.26 Å². The maximum absolute atomic E-state index is 12.4. The fraction of sp³-hybridized carbons (Fsp3) is 0.200. The van der Waals surface area contributed by atoms with E-state index in [1.165, 1.54) is 13.2 Å². The summed E-state index contributed by atoms with van der Waals surface area (Å²) in [6.45, 7) is 3.74. The minimum Gasteiger partial charge on any atom is -0.493 e. The van der Waals surface area contributed by atoms with E-state index < -0.39 is 5.91 Å². The molecule has 0 spiro atoms. The second-order valence-corrected chi connectivity index (χ2v) is 6.62. The van der Waals surface area contributed by atoms with Crippen LogP contribution >= 0.6 is 23.2 Å². The average Bonchev–Trinajstić information content (AvgIpc) is 2.63. The van der Waals surface area contributed by atoms with Crippen LogP contribution in [-0.4, -0.2) is 19.1 Å². The summed E-state index contributed by atoms with van der Waals surface area (Å²) in [6.07, 6.45) is 1.33. The lowest BCUT2D eigenvalue weighted by molar-refractivity contribution is -0.112. The van der Waals surface area contributed by atoms with Gasteiger partial charge in [0.25, 0.3) is 5.91 Å². The Balaban J connectivity index is 2.34. The first kappa shape index (κ1) is 20.6. The number of hydrogen-bond donors (Lipinski definition) is 1. The number of anilines is 1. The lowest BCUT2D eigenvalue weighted by Gasteiger charge is -2.15. The molecule has 0 unspecified atom stereocenters. The number of rotatable bonds is 6. The smallest absolute Gasteiger partial charge is 0.266 e. The number of hydrogen-bond acceptors (Lipinski definition) is 4. The number of carbonyl (C=O) groups is 1. The average molecular weight is 405 g/mol. The van der Waals surface area contributed by atoms with Crippen LogP contribution in [0, 0.1) is 11.3 Å². The van der Waals surface area contributed by atoms with Gasteiger partial charge in [-0.05, 0) is 49.8 Å². The molecule has 0 saturated carbocycles. The van der Waals surface area contributed by atoms with Gasteiger partial charge in [-0.25, -0.2) is 0 Å². The van der Waals surface area contributed by atoms with Gasteiger partial charge in [0.1, 0.15) is 11.6 Å². The van der Waals surface area contributed by atoms with E-state index >= 15 is 0 Å². The quantitative estimate of drug-likeness (QED) is 0.521. The molecule has 0 saturated heterocycles. The number of benzene rings is 2. The van der Waals surface area contributed by atoms with Crippen LogP contribution in [0.15, 0.2) is 42.0 Å². The number of amides is 1. The number of nitrogens with zero attached hydrogens (tertiary/aromatic N) is 1. The number of ether oxygens (including phenoxy) is 2. The van der Waals surface area contributed by atoms with E-state index in [0.717, 1.165) is 0 Å². The van der Waals surface area contributed by atoms with Crippen LogP contribution in [-0.2, 0) is 4.79 Å². The van der Waals surface area contributed by atoms with Gasteiger partial charge in [-0.1, -0.05) is 35.3 Å². The molecule has 0 heterocycles. The Morgan fingerprint density at radius 3 is 2.52 bits per heavy atom. The summed E-state index contributed by atoms with van der Waals surface area (Å²) in [6, 6.07) is 11.9. The lowest BCUT2D eigenvalue weighted by Crippen LogP contribution is -2.13. The van der Waals surface area contributed by atoms with E-state index in [2.05, 4.69) is 5.32 Å². The van der Waals surface area contributed by atoms with Crippen molar-refractivity contribution >= 4 is 40.9 Å². The highest BCUT2D eigenvalue weighted by Crippen LogP contribution is 2.37. The van der Waals surface area contributed by atoms with Crippen molar-refractivity contribution in [3.8, 4) is 17.6 Å². The van der Waals surface area contributed by atoms with Crippen LogP contribution in [0.2, 0.25) is 10.0 Å². The maximum atomic E-state index is 12.4. The molecule has 2 aromatic rings. The van der Waals surface area contributed by atoms with Crippen molar-refractivity contribution in [2.45, 2.75) is 20.0 Å². The fourth-order valence-electron chi connectivity index (χ4n) is 2.24. The number of para-hydroxylation sites is 1. The summed E-state index contributed by atoms with van der Waals surface area (Å²) in [5, 5.41) is 12.7. The van der Waals surface area contributed by atoms with Crippen molar-refractivity contribution in [2.75, 3.05) is 12.4 Å². The number of methoxy groups -OCH3 is 1. The molecule has 0 aliphatic heterocycles. The Kier molecular flexibility index (Phi) is 7.12. The zero-order valence-electron chi connectivity index (χ0n) is 15.0. The normalized spacial score (nSPS) is 11.1. The summed E-state index contributed by atoms with van der Waals surface area (Å²) in [7, 11) is 1.49. The van der Waals surface area contributed by atoms with Crippen LogP contribution in [0.5, 0.6) is 11.5 Å². The molecule has 0 fully saturated rings. The van der Waals surface area contributed by atoms with Crippen LogP contribution in [0.3, 0.4) is 0 Å². The molecule has 2 aromatic carbocycles. The largest absolute Gasteiger partial charge is 0.493 e. The molecule has 1 N–H and O–H groups in total. The van der Waals surface area contributed by atoms with E-state index in [4.69, 9.17) is 32.7 Å². The molecule has 7 heteroatoms. The molecule has 0 aromatic heterocycles. The summed E-state index contributed by atoms with van der Waals surface area (Å²) < 4.78 is 11.0. The highest BCUT2D eigenvalue weighted by molar-refractivity contribution is 6.34. The molecule has 27 heavy (non-hydrogen) atoms. The van der Waals surface area contributed by atoms with E-state index in [1.807, 2.05) is 19.9 Å². The van der Waals surface area contributed by atoms with Crippen LogP contribution < -0.4 is 14.8 Å². The van der Waals surface area contributed by atoms with Crippen molar-refractivity contribution < 1.29 is 14.3 Å². The minimum absolute atomic E-state index is 0.0890. The molecule has 0 bridgehead atoms. The summed E-state index contributed by atoms with van der Waals surface area (Å²) in [5.74, 6) is 0.236. The summed E-state index contributed by atoms with van der Waals surface area (Å²) in [5.41, 5.74) is 0.839. The first-order chi connectivity index (χ1) is 12.8. The van der Waals surface area contributed by atoms with Gasteiger partial charge in [-0.3, -0.25) is 4.79 Å². The van der Waals surface area contributed by atoms with Crippen LogP contribution in [0.25, 0.3) is 6.08 Å². The number of carbonyl (C=O) groups excluding carboxylic acids is 1. The van der Waals surface area contributed by atoms with E-state index in [0.29, 0.717) is 32.8 Å². The standard InChI is InChI=1S/C20H18Cl2N2O3/c1-12(2)27-19-16(22)9-13(10-18(19)26-3)8-14(11-23)20(25)24-17-7-5-4-6-15(17)21/h4-10,12H,1-3H3,(H,24,25)/b14-8+. The number of halogens is 2. The maximum Gasteiger partial charge on any atom is 0.266 e. The monoisotopic (exact) mass is 404 g/mol. The third kappa shape index (κ3) is 5.40. The Morgan fingerprint density at radius 2 is 1.93 bits per heavy atom. The molecule has 0 atom stereocenters. The molecule has 1 amide bonds. The van der Waals surface area contributed by atoms with Gasteiger partial charge < -0.3 is 14.8 Å². The predicted molar refractivity (Wildman–Crippen MR) is 107 cm³/mol. The number of nitrogens with one attached hydrogen (secondary N) is 1. The first-order valence-corrected chi connectivity index (χ1v) is 8.83. The van der Waals surface area contributed by atoms with Crippen molar-refractivity contribution in [1.82, 2.24) is 0 Å². The molecule has 140 valence electrons. The van der Waals surface area contributed by atoms with Crippen LogP contribution in [0.1, 0.15) is 19.4 Å².